The van der Waals surface area contributed by atoms with Gasteiger partial charge in [-0.3, -0.25) is 18.7 Å². The molecule has 4 heterocycles. The monoisotopic (exact) mass is 531 g/mol. The summed E-state index contributed by atoms with van der Waals surface area (Å²) in [6, 6.07) is 10.2. The fourth-order valence-electron chi connectivity index (χ4n) is 4.88. The van der Waals surface area contributed by atoms with Gasteiger partial charge in [0.15, 0.2) is 22.7 Å². The highest BCUT2D eigenvalue weighted by atomic mass is 16.3. The summed E-state index contributed by atoms with van der Waals surface area (Å²) >= 11 is 0. The first kappa shape index (κ1) is 25.9. The molecule has 0 saturated carbocycles. The molecule has 0 aliphatic carbocycles. The Morgan fingerprint density at radius 3 is 2.77 bits per heavy atom. The number of benzene rings is 1. The number of carbonyl (C=O) groups is 1. The Kier molecular flexibility index (Phi) is 6.98. The maximum Gasteiger partial charge on any atom is 0.332 e. The normalized spacial score (nSPS) is 15.4. The molecule has 1 aromatic carbocycles. The molecule has 13 nitrogen and oxygen atoms in total. The number of aryl methyl sites for hydroxylation is 1. The molecule has 0 spiro atoms. The van der Waals surface area contributed by atoms with E-state index in [9.17, 15) is 19.5 Å². The fraction of sp³-hybridized carbons (Fsp3) is 0.308. The van der Waals surface area contributed by atoms with Crippen molar-refractivity contribution in [2.24, 2.45) is 12.8 Å². The number of nitrogens with one attached hydrogen (secondary N) is 2. The minimum atomic E-state index is -0.709. The number of aromatic hydroxyl groups is 1. The molecule has 1 saturated heterocycles. The van der Waals surface area contributed by atoms with Crippen LogP contribution in [-0.4, -0.2) is 60.0 Å². The van der Waals surface area contributed by atoms with E-state index in [0.29, 0.717) is 24.6 Å². The number of hydrogen-bond acceptors (Lipinski definition) is 9. The third-order valence-electron chi connectivity index (χ3n) is 6.84. The molecule has 0 unspecified atom stereocenters. The number of amides is 1. The number of pyridine rings is 1. The molecule has 39 heavy (non-hydrogen) atoms. The van der Waals surface area contributed by atoms with Crippen molar-refractivity contribution < 1.29 is 9.90 Å². The lowest BCUT2D eigenvalue weighted by Gasteiger charge is -2.32. The lowest BCUT2D eigenvalue weighted by molar-refractivity contribution is -0.116. The number of hydrogen-bond donors (Lipinski definition) is 4. The lowest BCUT2D eigenvalue weighted by Crippen LogP contribution is -2.44. The first-order valence-corrected chi connectivity index (χ1v) is 12.5. The van der Waals surface area contributed by atoms with Gasteiger partial charge in [-0.15, -0.1) is 0 Å². The highest BCUT2D eigenvalue weighted by Gasteiger charge is 2.27. The van der Waals surface area contributed by atoms with Crippen LogP contribution in [0.3, 0.4) is 0 Å². The number of fused-ring (bicyclic) bond motifs is 1. The van der Waals surface area contributed by atoms with Gasteiger partial charge in [-0.1, -0.05) is 24.3 Å². The molecule has 4 aromatic rings. The number of nitrogens with two attached hydrogens (primary N) is 1. The van der Waals surface area contributed by atoms with Crippen molar-refractivity contribution in [2.75, 3.05) is 23.3 Å². The molecule has 1 fully saturated rings. The van der Waals surface area contributed by atoms with Crippen molar-refractivity contribution in [3.8, 4) is 5.75 Å². The van der Waals surface area contributed by atoms with E-state index in [4.69, 9.17) is 16.1 Å². The summed E-state index contributed by atoms with van der Waals surface area (Å²) in [4.78, 5) is 50.5. The van der Waals surface area contributed by atoms with E-state index in [2.05, 4.69) is 10.3 Å². The van der Waals surface area contributed by atoms with E-state index in [-0.39, 0.29) is 35.3 Å². The van der Waals surface area contributed by atoms with Crippen LogP contribution in [-0.2, 0) is 24.9 Å². The number of nitrogens with zero attached hydrogens (tertiary/aromatic N) is 6. The zero-order chi connectivity index (χ0) is 27.7. The molecule has 5 rings (SSSR count). The molecule has 1 amide bonds. The summed E-state index contributed by atoms with van der Waals surface area (Å²) < 4.78 is 3.81. The summed E-state index contributed by atoms with van der Waals surface area (Å²) in [5.74, 6) is -0.531. The molecule has 5 N–H and O–H groups in total. The Morgan fingerprint density at radius 2 is 2.03 bits per heavy atom. The van der Waals surface area contributed by atoms with Crippen LogP contribution in [0.25, 0.3) is 11.2 Å². The lowest BCUT2D eigenvalue weighted by atomic mass is 10.1. The first-order chi connectivity index (χ1) is 18.8. The maximum atomic E-state index is 13.8. The third kappa shape index (κ3) is 4.91. The van der Waals surface area contributed by atoms with E-state index < -0.39 is 23.7 Å². The van der Waals surface area contributed by atoms with Crippen LogP contribution in [0.5, 0.6) is 5.75 Å². The van der Waals surface area contributed by atoms with E-state index in [1.807, 2.05) is 29.2 Å². The number of anilines is 2. The molecule has 1 aliphatic rings. The van der Waals surface area contributed by atoms with Gasteiger partial charge in [0.2, 0.25) is 11.9 Å². The van der Waals surface area contributed by atoms with Crippen LogP contribution >= 0.6 is 0 Å². The van der Waals surface area contributed by atoms with Gasteiger partial charge in [-0.05, 0) is 36.1 Å². The van der Waals surface area contributed by atoms with Crippen molar-refractivity contribution >= 4 is 35.1 Å². The molecule has 13 heteroatoms. The van der Waals surface area contributed by atoms with Gasteiger partial charge in [0.25, 0.3) is 5.56 Å². The van der Waals surface area contributed by atoms with Crippen LogP contribution in [0.15, 0.2) is 52.2 Å². The average molecular weight is 532 g/mol. The van der Waals surface area contributed by atoms with E-state index in [1.165, 1.54) is 36.2 Å². The molecule has 0 radical (unpaired) electrons. The molecule has 0 bridgehead atoms. The Hall–Kier alpha value is -4.78. The predicted octanol–water partition coefficient (Wildman–Crippen LogP) is 0.609. The third-order valence-corrected chi connectivity index (χ3v) is 6.84. The second kappa shape index (κ2) is 10.5. The molecule has 202 valence electrons. The average Bonchev–Trinajstić information content (AvgIpc) is 3.31. The first-order valence-electron chi connectivity index (χ1n) is 12.5. The Morgan fingerprint density at radius 1 is 1.23 bits per heavy atom. The zero-order valence-corrected chi connectivity index (χ0v) is 21.4. The fourth-order valence-corrected chi connectivity index (χ4v) is 4.88. The number of imidazole rings is 1. The van der Waals surface area contributed by atoms with Crippen molar-refractivity contribution in [3.63, 3.8) is 0 Å². The van der Waals surface area contributed by atoms with Gasteiger partial charge in [0, 0.05) is 38.6 Å². The van der Waals surface area contributed by atoms with Crippen LogP contribution in [0, 0.1) is 5.41 Å². The van der Waals surface area contributed by atoms with Crippen LogP contribution < -0.4 is 27.2 Å². The summed E-state index contributed by atoms with van der Waals surface area (Å²) in [6.07, 6.45) is 4.37. The Labute approximate surface area is 222 Å². The van der Waals surface area contributed by atoms with Crippen LogP contribution in [0.4, 0.5) is 11.8 Å². The highest BCUT2D eigenvalue weighted by molar-refractivity contribution is 5.91. The molecular weight excluding hydrogens is 502 g/mol. The summed E-state index contributed by atoms with van der Waals surface area (Å²) in [5.41, 5.74) is 6.66. The Balaban J connectivity index is 1.65. The number of aromatic nitrogens is 5. The van der Waals surface area contributed by atoms with Crippen LogP contribution in [0.2, 0.25) is 0 Å². The number of piperidine rings is 1. The van der Waals surface area contributed by atoms with E-state index in [1.54, 1.807) is 4.57 Å². The molecule has 1 aliphatic heterocycles. The van der Waals surface area contributed by atoms with Gasteiger partial charge >= 0.3 is 5.69 Å². The van der Waals surface area contributed by atoms with E-state index >= 15 is 0 Å². The van der Waals surface area contributed by atoms with Gasteiger partial charge < -0.3 is 26.5 Å². The smallest absolute Gasteiger partial charge is 0.332 e. The minimum Gasteiger partial charge on any atom is -0.504 e. The summed E-state index contributed by atoms with van der Waals surface area (Å²) in [7, 11) is 1.50. The number of rotatable bonds is 7. The van der Waals surface area contributed by atoms with Crippen molar-refractivity contribution in [3.05, 3.63) is 74.6 Å². The second-order valence-corrected chi connectivity index (χ2v) is 9.51. The molecule has 3 aromatic heterocycles. The Bertz CT molecular complexity index is 1690. The van der Waals surface area contributed by atoms with Crippen molar-refractivity contribution in [2.45, 2.75) is 32.0 Å². The zero-order valence-electron chi connectivity index (χ0n) is 21.4. The van der Waals surface area contributed by atoms with Gasteiger partial charge in [0.1, 0.15) is 6.54 Å². The maximum absolute atomic E-state index is 13.8. The van der Waals surface area contributed by atoms with Crippen molar-refractivity contribution in [1.29, 1.82) is 5.41 Å². The topological polar surface area (TPSA) is 177 Å². The largest absolute Gasteiger partial charge is 0.504 e. The van der Waals surface area contributed by atoms with Gasteiger partial charge in [-0.25, -0.2) is 14.3 Å². The summed E-state index contributed by atoms with van der Waals surface area (Å²) in [6.45, 7) is 0.837. The number of carbonyl (C=O) groups excluding carboxylic acids is 1. The van der Waals surface area contributed by atoms with E-state index in [0.717, 1.165) is 23.0 Å². The quantitative estimate of drug-likeness (QED) is 0.251. The highest BCUT2D eigenvalue weighted by Crippen LogP contribution is 2.25. The molecular formula is C26H29N9O4. The standard InChI is InChI=1S/C26H29N9O4/c1-32-23-21(24(38)35(26(32)39)15-20(37)30-22-19(36)9-4-10-29-22)34(13-17-7-3-2-6-16(17)12-27)25(31-23)33-11-5-8-18(28)14-33/h2-4,6-7,9-10,12,18,27,36H,5,8,11,13-15,28H2,1H3,(H,29,30,37)/t18-/m1/s1. The van der Waals surface area contributed by atoms with Gasteiger partial charge in [-0.2, -0.15) is 4.98 Å². The minimum absolute atomic E-state index is 0.0620. The van der Waals surface area contributed by atoms with Crippen LogP contribution in [0.1, 0.15) is 24.0 Å². The summed E-state index contributed by atoms with van der Waals surface area (Å²) in [5, 5.41) is 20.2. The second-order valence-electron chi connectivity index (χ2n) is 9.51. The molecule has 1 atom stereocenters. The predicted molar refractivity (Wildman–Crippen MR) is 147 cm³/mol. The van der Waals surface area contributed by atoms with Gasteiger partial charge in [0.05, 0.1) is 6.54 Å². The van der Waals surface area contributed by atoms with Crippen molar-refractivity contribution in [1.82, 2.24) is 23.7 Å². The SMILES string of the molecule is Cn1c(=O)n(CC(=O)Nc2ncccc2O)c(=O)c2c1nc(N1CCC[C@@H](N)C1)n2Cc1ccccc1C=N.